The fourth-order valence-electron chi connectivity index (χ4n) is 2.38. The monoisotopic (exact) mass is 279 g/mol. The number of hydrogen-bond donors (Lipinski definition) is 1. The Hall–Kier alpha value is -2.49. The highest BCUT2D eigenvalue weighted by Crippen LogP contribution is 2.39. The molecule has 0 amide bonds. The van der Waals surface area contributed by atoms with Gasteiger partial charge in [-0.2, -0.15) is 0 Å². The van der Waals surface area contributed by atoms with Crippen LogP contribution in [-0.4, -0.2) is 9.97 Å². The number of rotatable bonds is 3. The van der Waals surface area contributed by atoms with Crippen LogP contribution in [0.5, 0.6) is 0 Å². The Balaban J connectivity index is 1.80. The van der Waals surface area contributed by atoms with Crippen LogP contribution >= 0.6 is 0 Å². The molecule has 0 saturated heterocycles. The van der Waals surface area contributed by atoms with Gasteiger partial charge in [0.1, 0.15) is 17.5 Å². The summed E-state index contributed by atoms with van der Waals surface area (Å²) in [6.45, 7) is 0. The predicted molar refractivity (Wildman–Crippen MR) is 81.2 cm³/mol. The maximum Gasteiger partial charge on any atom is 0.142 e. The molecule has 1 aliphatic rings. The van der Waals surface area contributed by atoms with Gasteiger partial charge in [0.25, 0.3) is 0 Å². The van der Waals surface area contributed by atoms with Crippen LogP contribution in [-0.2, 0) is 0 Å². The van der Waals surface area contributed by atoms with Crippen LogP contribution in [0.4, 0.5) is 15.9 Å². The number of fused-ring (bicyclic) bond motifs is 1. The van der Waals surface area contributed by atoms with E-state index in [9.17, 15) is 4.39 Å². The molecule has 1 aromatic heterocycles. The SMILES string of the molecule is Fc1ccc(Nc2nc(C3CC3)nc3ccccc23)cc1. The molecule has 0 radical (unpaired) electrons. The minimum atomic E-state index is -0.244. The molecule has 1 heterocycles. The number of anilines is 2. The lowest BCUT2D eigenvalue weighted by Gasteiger charge is -2.10. The van der Waals surface area contributed by atoms with Gasteiger partial charge >= 0.3 is 0 Å². The van der Waals surface area contributed by atoms with Crippen molar-refractivity contribution in [3.05, 3.63) is 60.2 Å². The molecule has 1 aliphatic carbocycles. The lowest BCUT2D eigenvalue weighted by Crippen LogP contribution is -2.01. The van der Waals surface area contributed by atoms with E-state index in [-0.39, 0.29) is 5.82 Å². The topological polar surface area (TPSA) is 37.8 Å². The van der Waals surface area contributed by atoms with Crippen molar-refractivity contribution in [2.24, 2.45) is 0 Å². The van der Waals surface area contributed by atoms with Gasteiger partial charge in [0, 0.05) is 17.0 Å². The van der Waals surface area contributed by atoms with E-state index in [4.69, 9.17) is 0 Å². The largest absolute Gasteiger partial charge is 0.340 e. The molecule has 0 unspecified atom stereocenters. The van der Waals surface area contributed by atoms with Crippen molar-refractivity contribution < 1.29 is 4.39 Å². The lowest BCUT2D eigenvalue weighted by atomic mass is 10.2. The van der Waals surface area contributed by atoms with Crippen molar-refractivity contribution >= 4 is 22.4 Å². The minimum absolute atomic E-state index is 0.244. The fraction of sp³-hybridized carbons (Fsp3) is 0.176. The standard InChI is InChI=1S/C17H14FN3/c18-12-7-9-13(10-8-12)19-17-14-3-1-2-4-15(14)20-16(21-17)11-5-6-11/h1-4,7-11H,5-6H2,(H,19,20,21). The molecule has 0 spiro atoms. The van der Waals surface area contributed by atoms with Gasteiger partial charge in [-0.3, -0.25) is 0 Å². The van der Waals surface area contributed by atoms with Gasteiger partial charge in [-0.1, -0.05) is 12.1 Å². The molecule has 1 fully saturated rings. The number of hydrogen-bond acceptors (Lipinski definition) is 3. The first-order chi connectivity index (χ1) is 10.3. The van der Waals surface area contributed by atoms with E-state index in [1.54, 1.807) is 12.1 Å². The molecule has 21 heavy (non-hydrogen) atoms. The second kappa shape index (κ2) is 4.81. The molecule has 1 saturated carbocycles. The van der Waals surface area contributed by atoms with Crippen molar-refractivity contribution in [1.82, 2.24) is 9.97 Å². The molecular weight excluding hydrogens is 265 g/mol. The third-order valence-corrected chi connectivity index (χ3v) is 3.67. The fourth-order valence-corrected chi connectivity index (χ4v) is 2.38. The maximum absolute atomic E-state index is 13.0. The highest BCUT2D eigenvalue weighted by molar-refractivity contribution is 5.90. The highest BCUT2D eigenvalue weighted by Gasteiger charge is 2.27. The number of halogens is 1. The molecular formula is C17H14FN3. The zero-order chi connectivity index (χ0) is 14.2. The molecule has 3 aromatic rings. The summed E-state index contributed by atoms with van der Waals surface area (Å²) in [6, 6.07) is 14.2. The first kappa shape index (κ1) is 12.3. The third kappa shape index (κ3) is 2.44. The Kier molecular flexibility index (Phi) is 2.81. The number of benzene rings is 2. The summed E-state index contributed by atoms with van der Waals surface area (Å²) >= 11 is 0. The molecule has 4 rings (SSSR count). The average Bonchev–Trinajstić information content (AvgIpc) is 3.34. The second-order valence-corrected chi connectivity index (χ2v) is 5.35. The Morgan fingerprint density at radius 2 is 1.71 bits per heavy atom. The molecule has 3 nitrogen and oxygen atoms in total. The molecule has 0 atom stereocenters. The summed E-state index contributed by atoms with van der Waals surface area (Å²) in [6.07, 6.45) is 2.32. The van der Waals surface area contributed by atoms with Gasteiger partial charge in [0.15, 0.2) is 0 Å². The van der Waals surface area contributed by atoms with E-state index in [1.165, 1.54) is 12.1 Å². The summed E-state index contributed by atoms with van der Waals surface area (Å²) in [4.78, 5) is 9.31. The number of aromatic nitrogens is 2. The molecule has 0 bridgehead atoms. The third-order valence-electron chi connectivity index (χ3n) is 3.67. The van der Waals surface area contributed by atoms with Gasteiger partial charge in [-0.05, 0) is 49.2 Å². The minimum Gasteiger partial charge on any atom is -0.340 e. The van der Waals surface area contributed by atoms with Crippen molar-refractivity contribution in [2.75, 3.05) is 5.32 Å². The van der Waals surface area contributed by atoms with Gasteiger partial charge in [-0.15, -0.1) is 0 Å². The van der Waals surface area contributed by atoms with E-state index < -0.39 is 0 Å². The van der Waals surface area contributed by atoms with Gasteiger partial charge < -0.3 is 5.32 Å². The van der Waals surface area contributed by atoms with E-state index in [0.717, 1.165) is 41.1 Å². The predicted octanol–water partition coefficient (Wildman–Crippen LogP) is 4.39. The lowest BCUT2D eigenvalue weighted by molar-refractivity contribution is 0.628. The van der Waals surface area contributed by atoms with E-state index in [2.05, 4.69) is 15.3 Å². The van der Waals surface area contributed by atoms with Gasteiger partial charge in [0.2, 0.25) is 0 Å². The normalized spacial score (nSPS) is 14.3. The van der Waals surface area contributed by atoms with E-state index in [0.29, 0.717) is 5.92 Å². The highest BCUT2D eigenvalue weighted by atomic mass is 19.1. The van der Waals surface area contributed by atoms with Crippen LogP contribution in [0.1, 0.15) is 24.6 Å². The van der Waals surface area contributed by atoms with Gasteiger partial charge in [-0.25, -0.2) is 14.4 Å². The summed E-state index contributed by atoms with van der Waals surface area (Å²) in [5.41, 5.74) is 1.76. The number of para-hydroxylation sites is 1. The molecule has 0 aliphatic heterocycles. The van der Waals surface area contributed by atoms with Crippen molar-refractivity contribution in [3.63, 3.8) is 0 Å². The summed E-state index contributed by atoms with van der Waals surface area (Å²) in [5.74, 6) is 1.93. The maximum atomic E-state index is 13.0. The van der Waals surface area contributed by atoms with Crippen molar-refractivity contribution in [2.45, 2.75) is 18.8 Å². The quantitative estimate of drug-likeness (QED) is 0.772. The summed E-state index contributed by atoms with van der Waals surface area (Å²) < 4.78 is 13.0. The Labute approximate surface area is 121 Å². The molecule has 2 aromatic carbocycles. The Morgan fingerprint density at radius 3 is 2.48 bits per heavy atom. The van der Waals surface area contributed by atoms with Crippen LogP contribution < -0.4 is 5.32 Å². The van der Waals surface area contributed by atoms with Crippen LogP contribution in [0.2, 0.25) is 0 Å². The van der Waals surface area contributed by atoms with Crippen molar-refractivity contribution in [3.8, 4) is 0 Å². The van der Waals surface area contributed by atoms with Gasteiger partial charge in [0.05, 0.1) is 5.52 Å². The number of nitrogens with one attached hydrogen (secondary N) is 1. The van der Waals surface area contributed by atoms with Crippen LogP contribution in [0.15, 0.2) is 48.5 Å². The van der Waals surface area contributed by atoms with Crippen LogP contribution in [0, 0.1) is 5.82 Å². The van der Waals surface area contributed by atoms with E-state index in [1.807, 2.05) is 24.3 Å². The second-order valence-electron chi connectivity index (χ2n) is 5.35. The first-order valence-electron chi connectivity index (χ1n) is 7.09. The summed E-state index contributed by atoms with van der Waals surface area (Å²) in [5, 5.41) is 4.26. The number of nitrogens with zero attached hydrogens (tertiary/aromatic N) is 2. The smallest absolute Gasteiger partial charge is 0.142 e. The molecule has 104 valence electrons. The molecule has 1 N–H and O–H groups in total. The molecule has 4 heteroatoms. The first-order valence-corrected chi connectivity index (χ1v) is 7.09. The van der Waals surface area contributed by atoms with E-state index >= 15 is 0 Å². The average molecular weight is 279 g/mol. The zero-order valence-electron chi connectivity index (χ0n) is 11.4. The Morgan fingerprint density at radius 1 is 0.952 bits per heavy atom. The van der Waals surface area contributed by atoms with Crippen molar-refractivity contribution in [1.29, 1.82) is 0 Å². The van der Waals surface area contributed by atoms with Crippen LogP contribution in [0.25, 0.3) is 10.9 Å². The zero-order valence-corrected chi connectivity index (χ0v) is 11.4. The van der Waals surface area contributed by atoms with Crippen LogP contribution in [0.3, 0.4) is 0 Å². The Bertz CT molecular complexity index is 795. The summed E-state index contributed by atoms with van der Waals surface area (Å²) in [7, 11) is 0.